The fraction of sp³-hybridized carbons (Fsp3) is 0.176. The number of nitrogens with one attached hydrogen (secondary N) is 1. The molecule has 0 bridgehead atoms. The number of ether oxygens (including phenoxy) is 2. The van der Waals surface area contributed by atoms with Crippen molar-refractivity contribution in [3.05, 3.63) is 59.2 Å². The molecule has 0 radical (unpaired) electrons. The molecule has 0 aliphatic heterocycles. The van der Waals surface area contributed by atoms with Crippen LogP contribution in [0.3, 0.4) is 0 Å². The van der Waals surface area contributed by atoms with Crippen molar-refractivity contribution in [2.75, 3.05) is 14.2 Å². The van der Waals surface area contributed by atoms with Crippen LogP contribution < -0.4 is 14.9 Å². The minimum atomic E-state index is -0.266. The number of hydrogen-bond donors (Lipinski definition) is 1. The largest absolute Gasteiger partial charge is 0.497 e. The Morgan fingerprint density at radius 2 is 1.82 bits per heavy atom. The van der Waals surface area contributed by atoms with Crippen LogP contribution in [0.4, 0.5) is 0 Å². The van der Waals surface area contributed by atoms with E-state index >= 15 is 0 Å². The highest BCUT2D eigenvalue weighted by molar-refractivity contribution is 5.95. The van der Waals surface area contributed by atoms with Gasteiger partial charge < -0.3 is 9.47 Å². The molecule has 0 unspecified atom stereocenters. The second-order valence-corrected chi connectivity index (χ2v) is 4.67. The molecule has 114 valence electrons. The van der Waals surface area contributed by atoms with Crippen molar-refractivity contribution in [2.24, 2.45) is 5.10 Å². The summed E-state index contributed by atoms with van der Waals surface area (Å²) in [7, 11) is 3.16. The minimum absolute atomic E-state index is 0.266. The van der Waals surface area contributed by atoms with Crippen LogP contribution in [0, 0.1) is 6.92 Å². The molecular formula is C17H18N2O3. The summed E-state index contributed by atoms with van der Waals surface area (Å²) in [6, 6.07) is 12.6. The molecule has 0 saturated carbocycles. The number of hydrogen-bond acceptors (Lipinski definition) is 4. The Kier molecular flexibility index (Phi) is 5.14. The number of rotatable bonds is 5. The van der Waals surface area contributed by atoms with Crippen molar-refractivity contribution < 1.29 is 14.3 Å². The van der Waals surface area contributed by atoms with Crippen LogP contribution in [0.1, 0.15) is 21.5 Å². The average Bonchev–Trinajstić information content (AvgIpc) is 2.55. The summed E-state index contributed by atoms with van der Waals surface area (Å²) in [5.74, 6) is 1.07. The molecule has 2 aromatic carbocycles. The van der Waals surface area contributed by atoms with Gasteiger partial charge in [0.2, 0.25) is 0 Å². The lowest BCUT2D eigenvalue weighted by Crippen LogP contribution is -2.17. The van der Waals surface area contributed by atoms with Crippen LogP contribution in [0.5, 0.6) is 11.5 Å². The summed E-state index contributed by atoms with van der Waals surface area (Å²) in [6.07, 6.45) is 1.52. The SMILES string of the molecule is COc1ccc(OC)c(/C=N/NC(=O)c2ccc(C)cc2)c1. The lowest BCUT2D eigenvalue weighted by Gasteiger charge is -2.06. The zero-order chi connectivity index (χ0) is 15.9. The van der Waals surface area contributed by atoms with Crippen molar-refractivity contribution in [2.45, 2.75) is 6.92 Å². The standard InChI is InChI=1S/C17H18N2O3/c1-12-4-6-13(7-5-12)17(20)19-18-11-14-10-15(21-2)8-9-16(14)22-3/h4-11H,1-3H3,(H,19,20)/b18-11+. The molecule has 1 amide bonds. The predicted molar refractivity (Wildman–Crippen MR) is 85.8 cm³/mol. The smallest absolute Gasteiger partial charge is 0.271 e. The molecule has 0 fully saturated rings. The van der Waals surface area contributed by atoms with Gasteiger partial charge in [0, 0.05) is 11.1 Å². The highest BCUT2D eigenvalue weighted by Gasteiger charge is 2.05. The van der Waals surface area contributed by atoms with Gasteiger partial charge in [-0.05, 0) is 37.3 Å². The van der Waals surface area contributed by atoms with E-state index in [2.05, 4.69) is 10.5 Å². The Hall–Kier alpha value is -2.82. The number of benzene rings is 2. The summed E-state index contributed by atoms with van der Waals surface area (Å²) in [5.41, 5.74) is 4.86. The Morgan fingerprint density at radius 1 is 1.09 bits per heavy atom. The summed E-state index contributed by atoms with van der Waals surface area (Å²) in [6.45, 7) is 1.97. The second kappa shape index (κ2) is 7.26. The molecule has 0 atom stereocenters. The van der Waals surface area contributed by atoms with Crippen LogP contribution in [-0.2, 0) is 0 Å². The quantitative estimate of drug-likeness (QED) is 0.682. The maximum atomic E-state index is 11.9. The van der Waals surface area contributed by atoms with E-state index < -0.39 is 0 Å². The Bertz CT molecular complexity index is 679. The number of carbonyl (C=O) groups is 1. The lowest BCUT2D eigenvalue weighted by molar-refractivity contribution is 0.0955. The first-order valence-electron chi connectivity index (χ1n) is 6.76. The number of carbonyl (C=O) groups excluding carboxylic acids is 1. The maximum absolute atomic E-state index is 11.9. The van der Waals surface area contributed by atoms with Crippen molar-refractivity contribution in [3.8, 4) is 11.5 Å². The lowest BCUT2D eigenvalue weighted by atomic mass is 10.1. The van der Waals surface area contributed by atoms with E-state index in [-0.39, 0.29) is 5.91 Å². The molecule has 1 N–H and O–H groups in total. The van der Waals surface area contributed by atoms with Crippen LogP contribution in [0.15, 0.2) is 47.6 Å². The van der Waals surface area contributed by atoms with Gasteiger partial charge in [0.05, 0.1) is 20.4 Å². The van der Waals surface area contributed by atoms with Crippen LogP contribution in [-0.4, -0.2) is 26.3 Å². The molecule has 0 aliphatic carbocycles. The van der Waals surface area contributed by atoms with Crippen molar-refractivity contribution in [1.82, 2.24) is 5.43 Å². The Labute approximate surface area is 129 Å². The van der Waals surface area contributed by atoms with E-state index in [0.29, 0.717) is 22.6 Å². The van der Waals surface area contributed by atoms with Gasteiger partial charge >= 0.3 is 0 Å². The van der Waals surface area contributed by atoms with E-state index in [1.165, 1.54) is 6.21 Å². The second-order valence-electron chi connectivity index (χ2n) is 4.67. The molecule has 5 nitrogen and oxygen atoms in total. The van der Waals surface area contributed by atoms with Gasteiger partial charge in [0.15, 0.2) is 0 Å². The molecular weight excluding hydrogens is 280 g/mol. The zero-order valence-corrected chi connectivity index (χ0v) is 12.8. The predicted octanol–water partition coefficient (Wildman–Crippen LogP) is 2.78. The summed E-state index contributed by atoms with van der Waals surface area (Å²) >= 11 is 0. The van der Waals surface area contributed by atoms with Gasteiger partial charge in [-0.15, -0.1) is 0 Å². The monoisotopic (exact) mass is 298 g/mol. The molecule has 2 rings (SSSR count). The van der Waals surface area contributed by atoms with Crippen LogP contribution in [0.2, 0.25) is 0 Å². The number of amides is 1. The first-order chi connectivity index (χ1) is 10.6. The number of hydrazone groups is 1. The van der Waals surface area contributed by atoms with Gasteiger partial charge in [-0.1, -0.05) is 17.7 Å². The van der Waals surface area contributed by atoms with Crippen molar-refractivity contribution >= 4 is 12.1 Å². The average molecular weight is 298 g/mol. The van der Waals surface area contributed by atoms with Crippen molar-refractivity contribution in [3.63, 3.8) is 0 Å². The van der Waals surface area contributed by atoms with Gasteiger partial charge in [-0.2, -0.15) is 5.10 Å². The summed E-state index contributed by atoms with van der Waals surface area (Å²) in [5, 5.41) is 3.96. The van der Waals surface area contributed by atoms with E-state index in [4.69, 9.17) is 9.47 Å². The van der Waals surface area contributed by atoms with Crippen molar-refractivity contribution in [1.29, 1.82) is 0 Å². The zero-order valence-electron chi connectivity index (χ0n) is 12.8. The maximum Gasteiger partial charge on any atom is 0.271 e. The fourth-order valence-electron chi connectivity index (χ4n) is 1.87. The molecule has 0 aromatic heterocycles. The van der Waals surface area contributed by atoms with Gasteiger partial charge in [-0.25, -0.2) is 5.43 Å². The third-order valence-corrected chi connectivity index (χ3v) is 3.12. The minimum Gasteiger partial charge on any atom is -0.497 e. The molecule has 2 aromatic rings. The number of aryl methyl sites for hydroxylation is 1. The van der Waals surface area contributed by atoms with Gasteiger partial charge in [-0.3, -0.25) is 4.79 Å². The normalized spacial score (nSPS) is 10.5. The highest BCUT2D eigenvalue weighted by atomic mass is 16.5. The molecule has 0 aliphatic rings. The summed E-state index contributed by atoms with van der Waals surface area (Å²) < 4.78 is 10.4. The van der Waals surface area contributed by atoms with Gasteiger partial charge in [0.25, 0.3) is 5.91 Å². The van der Waals surface area contributed by atoms with Crippen LogP contribution in [0.25, 0.3) is 0 Å². The summed E-state index contributed by atoms with van der Waals surface area (Å²) in [4.78, 5) is 11.9. The number of nitrogens with zero attached hydrogens (tertiary/aromatic N) is 1. The molecule has 0 saturated heterocycles. The van der Waals surface area contributed by atoms with E-state index in [9.17, 15) is 4.79 Å². The number of methoxy groups -OCH3 is 2. The first-order valence-corrected chi connectivity index (χ1v) is 6.76. The van der Waals surface area contributed by atoms with E-state index in [1.54, 1.807) is 44.6 Å². The molecule has 22 heavy (non-hydrogen) atoms. The third-order valence-electron chi connectivity index (χ3n) is 3.12. The molecule has 0 spiro atoms. The highest BCUT2D eigenvalue weighted by Crippen LogP contribution is 2.22. The Morgan fingerprint density at radius 3 is 2.45 bits per heavy atom. The van der Waals surface area contributed by atoms with E-state index in [0.717, 1.165) is 5.56 Å². The topological polar surface area (TPSA) is 59.9 Å². The molecule has 0 heterocycles. The van der Waals surface area contributed by atoms with Crippen LogP contribution >= 0.6 is 0 Å². The third kappa shape index (κ3) is 3.85. The first kappa shape index (κ1) is 15.6. The Balaban J connectivity index is 2.08. The fourth-order valence-corrected chi connectivity index (χ4v) is 1.87. The van der Waals surface area contributed by atoms with Gasteiger partial charge in [0.1, 0.15) is 11.5 Å². The molecule has 5 heteroatoms. The van der Waals surface area contributed by atoms with E-state index in [1.807, 2.05) is 19.1 Å².